The minimum atomic E-state index is -3.52. The van der Waals surface area contributed by atoms with Crippen LogP contribution in [0.25, 0.3) is 10.8 Å². The van der Waals surface area contributed by atoms with E-state index in [9.17, 15) is 8.42 Å². The third-order valence-electron chi connectivity index (χ3n) is 3.34. The predicted octanol–water partition coefficient (Wildman–Crippen LogP) is -0.812. The molecule has 0 aromatic heterocycles. The molecule has 4 nitrogen and oxygen atoms in total. The molecule has 0 spiro atoms. The first-order valence-electron chi connectivity index (χ1n) is 7.02. The average Bonchev–Trinajstić information content (AvgIpc) is 2.47. The van der Waals surface area contributed by atoms with Crippen LogP contribution in [0.4, 0.5) is 0 Å². The van der Waals surface area contributed by atoms with Crippen molar-refractivity contribution in [1.29, 1.82) is 0 Å². The van der Waals surface area contributed by atoms with Gasteiger partial charge in [-0.05, 0) is 31.4 Å². The van der Waals surface area contributed by atoms with Gasteiger partial charge in [0.05, 0.1) is 11.4 Å². The largest absolute Gasteiger partial charge is 1.00 e. The molecule has 2 aromatic rings. The fourth-order valence-electron chi connectivity index (χ4n) is 2.24. The monoisotopic (exact) mass is 362 g/mol. The van der Waals surface area contributed by atoms with Crippen LogP contribution in [-0.4, -0.2) is 21.5 Å². The zero-order valence-electron chi connectivity index (χ0n) is 12.2. The number of fused-ring (bicyclic) bond motifs is 1. The summed E-state index contributed by atoms with van der Waals surface area (Å²) < 4.78 is 27.5. The summed E-state index contributed by atoms with van der Waals surface area (Å²) in [6, 6.07) is 10.4. The number of rotatable bonds is 7. The fourth-order valence-corrected chi connectivity index (χ4v) is 3.77. The van der Waals surface area contributed by atoms with Gasteiger partial charge in [-0.2, -0.15) is 0 Å². The van der Waals surface area contributed by atoms with Crippen molar-refractivity contribution < 1.29 is 26.6 Å². The number of unbranched alkanes of at least 4 members (excludes halogenated alkanes) is 2. The van der Waals surface area contributed by atoms with E-state index in [0.29, 0.717) is 17.0 Å². The fraction of sp³-hybridized carbons (Fsp3) is 0.333. The van der Waals surface area contributed by atoms with Crippen molar-refractivity contribution in [2.24, 2.45) is 0 Å². The van der Waals surface area contributed by atoms with Gasteiger partial charge in [0.15, 0.2) is 0 Å². The highest BCUT2D eigenvalue weighted by atomic mass is 35.5. The van der Waals surface area contributed by atoms with Gasteiger partial charge in [0.1, 0.15) is 0 Å². The lowest BCUT2D eigenvalue weighted by atomic mass is 10.1. The van der Waals surface area contributed by atoms with Crippen molar-refractivity contribution in [3.63, 3.8) is 0 Å². The van der Waals surface area contributed by atoms with Crippen LogP contribution in [0.3, 0.4) is 0 Å². The highest BCUT2D eigenvalue weighted by Gasteiger charge is 2.17. The van der Waals surface area contributed by atoms with E-state index in [-0.39, 0.29) is 17.3 Å². The highest BCUT2D eigenvalue weighted by molar-refractivity contribution is 7.89. The Morgan fingerprint density at radius 3 is 2.41 bits per heavy atom. The molecule has 0 aliphatic rings. The van der Waals surface area contributed by atoms with Gasteiger partial charge in [0.25, 0.3) is 0 Å². The summed E-state index contributed by atoms with van der Waals surface area (Å²) in [6.07, 6.45) is 2.82. The maximum atomic E-state index is 12.4. The molecule has 0 radical (unpaired) electrons. The van der Waals surface area contributed by atoms with Gasteiger partial charge in [0.2, 0.25) is 10.0 Å². The zero-order valence-corrected chi connectivity index (χ0v) is 14.5. The van der Waals surface area contributed by atoms with Crippen LogP contribution in [0.15, 0.2) is 41.3 Å². The Bertz CT molecular complexity index is 721. The Labute approximate surface area is 142 Å². The van der Waals surface area contributed by atoms with E-state index in [4.69, 9.17) is 11.6 Å². The lowest BCUT2D eigenvalue weighted by Gasteiger charge is -2.10. The van der Waals surface area contributed by atoms with Crippen molar-refractivity contribution in [2.75, 3.05) is 13.1 Å². The predicted molar refractivity (Wildman–Crippen MR) is 85.8 cm³/mol. The first-order valence-corrected chi connectivity index (χ1v) is 8.88. The molecule has 0 unspecified atom stereocenters. The maximum absolute atomic E-state index is 12.4. The van der Waals surface area contributed by atoms with E-state index in [1.54, 1.807) is 30.3 Å². The maximum Gasteiger partial charge on any atom is 0.241 e. The van der Waals surface area contributed by atoms with Crippen molar-refractivity contribution in [1.82, 2.24) is 4.72 Å². The molecule has 0 amide bonds. The van der Waals surface area contributed by atoms with E-state index in [1.807, 2.05) is 6.07 Å². The van der Waals surface area contributed by atoms with Crippen LogP contribution in [0.1, 0.15) is 19.3 Å². The minimum Gasteiger partial charge on any atom is -1.00 e. The summed E-state index contributed by atoms with van der Waals surface area (Å²) in [5.74, 6) is 0. The van der Waals surface area contributed by atoms with E-state index in [1.165, 1.54) is 0 Å². The Kier molecular flexibility index (Phi) is 7.59. The van der Waals surface area contributed by atoms with Gasteiger partial charge >= 0.3 is 0 Å². The summed E-state index contributed by atoms with van der Waals surface area (Å²) >= 11 is 6.12. The van der Waals surface area contributed by atoms with E-state index in [2.05, 4.69) is 10.5 Å². The molecule has 0 aliphatic heterocycles. The second kappa shape index (κ2) is 8.70. The van der Waals surface area contributed by atoms with E-state index in [0.717, 1.165) is 31.2 Å². The van der Waals surface area contributed by atoms with Crippen molar-refractivity contribution in [3.8, 4) is 0 Å². The van der Waals surface area contributed by atoms with Crippen molar-refractivity contribution in [3.05, 3.63) is 41.4 Å². The number of halogens is 2. The minimum absolute atomic E-state index is 0. The lowest BCUT2D eigenvalue weighted by Crippen LogP contribution is -3.00. The van der Waals surface area contributed by atoms with Gasteiger partial charge in [0, 0.05) is 22.3 Å². The Hall–Kier alpha value is -0.850. The summed E-state index contributed by atoms with van der Waals surface area (Å²) in [5.41, 5.74) is 3.77. The van der Waals surface area contributed by atoms with E-state index >= 15 is 0 Å². The Morgan fingerprint density at radius 1 is 1.00 bits per heavy atom. The SMILES string of the molecule is [Cl-].[NH3+]CCCCCNS(=O)(=O)c1cccc2c(Cl)cccc12. The lowest BCUT2D eigenvalue weighted by molar-refractivity contribution is -0.368. The molecule has 22 heavy (non-hydrogen) atoms. The quantitative estimate of drug-likeness (QED) is 0.632. The standard InChI is InChI=1S/C15H19ClN2O2S.ClH/c16-14-8-4-7-13-12(14)6-5-9-15(13)21(19,20)18-11-3-1-2-10-17;/h4-9,18H,1-3,10-11,17H2;1H. The smallest absolute Gasteiger partial charge is 0.241 e. The molecule has 7 heteroatoms. The normalized spacial score (nSPS) is 11.4. The van der Waals surface area contributed by atoms with Gasteiger partial charge < -0.3 is 18.1 Å². The molecule has 0 saturated heterocycles. The van der Waals surface area contributed by atoms with Gasteiger partial charge in [-0.3, -0.25) is 0 Å². The molecule has 4 N–H and O–H groups in total. The summed E-state index contributed by atoms with van der Waals surface area (Å²) in [4.78, 5) is 0.277. The molecule has 0 bridgehead atoms. The van der Waals surface area contributed by atoms with Gasteiger partial charge in [-0.1, -0.05) is 35.9 Å². The summed E-state index contributed by atoms with van der Waals surface area (Å²) in [5, 5.41) is 1.95. The highest BCUT2D eigenvalue weighted by Crippen LogP contribution is 2.28. The molecule has 0 heterocycles. The van der Waals surface area contributed by atoms with Crippen LogP contribution in [0, 0.1) is 0 Å². The van der Waals surface area contributed by atoms with Crippen molar-refractivity contribution >= 4 is 32.4 Å². The molecule has 2 rings (SSSR count). The van der Waals surface area contributed by atoms with E-state index < -0.39 is 10.0 Å². The first kappa shape index (κ1) is 19.2. The molecular formula is C15H20Cl2N2O2S. The second-order valence-electron chi connectivity index (χ2n) is 4.90. The van der Waals surface area contributed by atoms with Crippen molar-refractivity contribution in [2.45, 2.75) is 24.2 Å². The topological polar surface area (TPSA) is 73.8 Å². The summed E-state index contributed by atoms with van der Waals surface area (Å²) in [7, 11) is -3.52. The Morgan fingerprint density at radius 2 is 1.68 bits per heavy atom. The number of quaternary nitrogens is 1. The van der Waals surface area contributed by atoms with Gasteiger partial charge in [-0.25, -0.2) is 13.1 Å². The molecular weight excluding hydrogens is 343 g/mol. The number of nitrogens with one attached hydrogen (secondary N) is 1. The molecule has 0 fully saturated rings. The molecule has 0 saturated carbocycles. The molecule has 0 aliphatic carbocycles. The zero-order chi connectivity index (χ0) is 15.3. The number of hydrogen-bond donors (Lipinski definition) is 2. The number of benzene rings is 2. The number of hydrogen-bond acceptors (Lipinski definition) is 2. The second-order valence-corrected chi connectivity index (χ2v) is 7.05. The van der Waals surface area contributed by atoms with Crippen LogP contribution >= 0.6 is 11.6 Å². The Balaban J connectivity index is 0.00000242. The third kappa shape index (κ3) is 4.57. The van der Waals surface area contributed by atoms with Gasteiger partial charge in [-0.15, -0.1) is 0 Å². The summed E-state index contributed by atoms with van der Waals surface area (Å²) in [6.45, 7) is 1.33. The third-order valence-corrected chi connectivity index (χ3v) is 5.19. The van der Waals surface area contributed by atoms with Crippen LogP contribution < -0.4 is 22.9 Å². The molecule has 122 valence electrons. The van der Waals surface area contributed by atoms with Crippen LogP contribution in [0.2, 0.25) is 5.02 Å². The molecule has 0 atom stereocenters. The van der Waals surface area contributed by atoms with Crippen LogP contribution in [-0.2, 0) is 10.0 Å². The molecule has 2 aromatic carbocycles. The first-order chi connectivity index (χ1) is 10.1. The van der Waals surface area contributed by atoms with Crippen LogP contribution in [0.5, 0.6) is 0 Å². The number of sulfonamides is 1. The average molecular weight is 363 g/mol.